The largest absolute Gasteiger partial charge is 0.379 e. The molecule has 0 radical (unpaired) electrons. The maximum atomic E-state index is 12.4. The molecule has 7 heteroatoms. The Morgan fingerprint density at radius 3 is 2.76 bits per heavy atom. The first kappa shape index (κ1) is 17.6. The Morgan fingerprint density at radius 2 is 2.00 bits per heavy atom. The number of nitrogens with one attached hydrogen (secondary N) is 1. The number of aromatic nitrogens is 2. The molecule has 2 heterocycles. The molecule has 3 rings (SSSR count). The second kappa shape index (κ2) is 7.33. The number of para-hydroxylation sites is 2. The molecule has 7 nitrogen and oxygen atoms in total. The number of ether oxygens (including phenoxy) is 1. The van der Waals surface area contributed by atoms with Gasteiger partial charge in [0, 0.05) is 25.2 Å². The molecule has 1 amide bonds. The van der Waals surface area contributed by atoms with Crippen LogP contribution >= 0.6 is 0 Å². The minimum atomic E-state index is -0.277. The van der Waals surface area contributed by atoms with Crippen molar-refractivity contribution in [1.82, 2.24) is 19.8 Å². The zero-order valence-corrected chi connectivity index (χ0v) is 14.7. The molecule has 1 N–H and O–H groups in total. The Hall–Kier alpha value is -2.25. The Morgan fingerprint density at radius 1 is 1.28 bits per heavy atom. The molecule has 134 valence electrons. The highest BCUT2D eigenvalue weighted by atomic mass is 16.5. The van der Waals surface area contributed by atoms with Gasteiger partial charge in [-0.2, -0.15) is 0 Å². The van der Waals surface area contributed by atoms with Gasteiger partial charge in [-0.1, -0.05) is 12.1 Å². The number of nitrogens with zero attached hydrogens (tertiary/aromatic N) is 3. The number of carbonyl (C=O) groups is 1. The Balaban J connectivity index is 1.67. The van der Waals surface area contributed by atoms with Crippen molar-refractivity contribution in [2.24, 2.45) is 0 Å². The smallest absolute Gasteiger partial charge is 0.269 e. The first-order valence-electron chi connectivity index (χ1n) is 8.51. The summed E-state index contributed by atoms with van der Waals surface area (Å²) >= 11 is 0. The van der Waals surface area contributed by atoms with Gasteiger partial charge in [-0.3, -0.25) is 19.1 Å². The van der Waals surface area contributed by atoms with Crippen molar-refractivity contribution in [3.05, 3.63) is 40.8 Å². The molecule has 1 aliphatic heterocycles. The van der Waals surface area contributed by atoms with E-state index in [1.807, 2.05) is 18.2 Å². The van der Waals surface area contributed by atoms with E-state index in [0.29, 0.717) is 17.6 Å². The molecule has 1 aliphatic rings. The average Bonchev–Trinajstić information content (AvgIpc) is 2.63. The van der Waals surface area contributed by atoms with E-state index in [4.69, 9.17) is 4.74 Å². The molecule has 0 spiro atoms. The van der Waals surface area contributed by atoms with Crippen LogP contribution in [0.3, 0.4) is 0 Å². The molecule has 2 aromatic rings. The topological polar surface area (TPSA) is 76.5 Å². The first-order chi connectivity index (χ1) is 12.0. The fraction of sp³-hybridized carbons (Fsp3) is 0.500. The van der Waals surface area contributed by atoms with Gasteiger partial charge in [0.2, 0.25) is 5.91 Å². The number of rotatable bonds is 5. The molecule has 1 aromatic heterocycles. The van der Waals surface area contributed by atoms with Crippen LogP contribution in [0.2, 0.25) is 0 Å². The van der Waals surface area contributed by atoms with E-state index in [0.717, 1.165) is 26.3 Å². The molecule has 1 fully saturated rings. The van der Waals surface area contributed by atoms with E-state index >= 15 is 0 Å². The molecule has 25 heavy (non-hydrogen) atoms. The summed E-state index contributed by atoms with van der Waals surface area (Å²) in [5, 5.41) is 2.96. The summed E-state index contributed by atoms with van der Waals surface area (Å²) in [6, 6.07) is 7.31. The molecule has 0 aliphatic carbocycles. The van der Waals surface area contributed by atoms with Crippen LogP contribution in [0, 0.1) is 0 Å². The normalized spacial score (nSPS) is 16.1. The highest BCUT2D eigenvalue weighted by Gasteiger charge is 2.28. The van der Waals surface area contributed by atoms with Gasteiger partial charge < -0.3 is 10.1 Å². The highest BCUT2D eigenvalue weighted by molar-refractivity contribution is 5.79. The number of fused-ring (bicyclic) bond motifs is 1. The molecule has 1 aromatic carbocycles. The van der Waals surface area contributed by atoms with Crippen molar-refractivity contribution < 1.29 is 9.53 Å². The first-order valence-corrected chi connectivity index (χ1v) is 8.51. The average molecular weight is 344 g/mol. The lowest BCUT2D eigenvalue weighted by Crippen LogP contribution is -2.55. The molecule has 0 saturated carbocycles. The Kier molecular flexibility index (Phi) is 5.15. The van der Waals surface area contributed by atoms with Crippen molar-refractivity contribution in [1.29, 1.82) is 0 Å². The number of carbonyl (C=O) groups excluding carboxylic acids is 1. The number of morpholine rings is 1. The van der Waals surface area contributed by atoms with Crippen LogP contribution in [0.1, 0.15) is 13.8 Å². The maximum absolute atomic E-state index is 12.4. The van der Waals surface area contributed by atoms with Crippen molar-refractivity contribution in [2.45, 2.75) is 25.9 Å². The van der Waals surface area contributed by atoms with Gasteiger partial charge in [0.15, 0.2) is 0 Å². The Labute approximate surface area is 146 Å². The standard InChI is InChI=1S/C18H24N4O3/c1-18(2,21-7-9-25-10-8-21)13-20-16(23)12-22-15-6-4-3-5-14(15)19-11-17(22)24/h3-6,11H,7-10,12-13H2,1-2H3,(H,20,23). The van der Waals surface area contributed by atoms with E-state index < -0.39 is 0 Å². The van der Waals surface area contributed by atoms with Gasteiger partial charge in [0.05, 0.1) is 30.4 Å². The van der Waals surface area contributed by atoms with Gasteiger partial charge in [0.25, 0.3) is 5.56 Å². The summed E-state index contributed by atoms with van der Waals surface area (Å²) in [4.78, 5) is 30.9. The molecular weight excluding hydrogens is 320 g/mol. The van der Waals surface area contributed by atoms with Gasteiger partial charge in [-0.05, 0) is 26.0 Å². The number of amides is 1. The zero-order valence-electron chi connectivity index (χ0n) is 14.7. The monoisotopic (exact) mass is 344 g/mol. The highest BCUT2D eigenvalue weighted by Crippen LogP contribution is 2.15. The van der Waals surface area contributed by atoms with Gasteiger partial charge in [-0.15, -0.1) is 0 Å². The number of benzene rings is 1. The van der Waals surface area contributed by atoms with Crippen molar-refractivity contribution in [2.75, 3.05) is 32.8 Å². The summed E-state index contributed by atoms with van der Waals surface area (Å²) in [5.74, 6) is -0.181. The maximum Gasteiger partial charge on any atom is 0.269 e. The van der Waals surface area contributed by atoms with Crippen molar-refractivity contribution >= 4 is 16.9 Å². The third-order valence-electron chi connectivity index (χ3n) is 4.64. The van der Waals surface area contributed by atoms with E-state index in [1.54, 1.807) is 6.07 Å². The van der Waals surface area contributed by atoms with Crippen LogP contribution in [0.15, 0.2) is 35.3 Å². The summed E-state index contributed by atoms with van der Waals surface area (Å²) in [6.07, 6.45) is 1.26. The van der Waals surface area contributed by atoms with Crippen molar-refractivity contribution in [3.63, 3.8) is 0 Å². The lowest BCUT2D eigenvalue weighted by molar-refractivity contribution is -0.122. The summed E-state index contributed by atoms with van der Waals surface area (Å²) in [5.41, 5.74) is 0.924. The molecule has 0 unspecified atom stereocenters. The number of hydrogen-bond acceptors (Lipinski definition) is 5. The van der Waals surface area contributed by atoms with E-state index in [-0.39, 0.29) is 23.6 Å². The fourth-order valence-corrected chi connectivity index (χ4v) is 3.07. The lowest BCUT2D eigenvalue weighted by atomic mass is 10.0. The summed E-state index contributed by atoms with van der Waals surface area (Å²) in [7, 11) is 0. The van der Waals surface area contributed by atoms with Gasteiger partial charge in [0.1, 0.15) is 6.54 Å². The van der Waals surface area contributed by atoms with Crippen LogP contribution in [0.4, 0.5) is 0 Å². The Bertz CT molecular complexity index is 809. The third kappa shape index (κ3) is 4.05. The van der Waals surface area contributed by atoms with Crippen LogP contribution < -0.4 is 10.9 Å². The zero-order chi connectivity index (χ0) is 17.9. The van der Waals surface area contributed by atoms with Gasteiger partial charge in [-0.25, -0.2) is 4.98 Å². The van der Waals surface area contributed by atoms with Crippen LogP contribution in [0.25, 0.3) is 11.0 Å². The quantitative estimate of drug-likeness (QED) is 0.861. The summed E-state index contributed by atoms with van der Waals surface area (Å²) in [6.45, 7) is 7.87. The summed E-state index contributed by atoms with van der Waals surface area (Å²) < 4.78 is 6.84. The van der Waals surface area contributed by atoms with E-state index in [9.17, 15) is 9.59 Å². The predicted octanol–water partition coefficient (Wildman–Crippen LogP) is 0.623. The van der Waals surface area contributed by atoms with Crippen molar-refractivity contribution in [3.8, 4) is 0 Å². The van der Waals surface area contributed by atoms with Crippen LogP contribution in [-0.4, -0.2) is 58.7 Å². The van der Waals surface area contributed by atoms with Crippen LogP contribution in [-0.2, 0) is 16.1 Å². The second-order valence-electron chi connectivity index (χ2n) is 6.86. The van der Waals surface area contributed by atoms with E-state index in [1.165, 1.54) is 10.8 Å². The SMILES string of the molecule is CC(C)(CNC(=O)Cn1c(=O)cnc2ccccc21)N1CCOCC1. The fourth-order valence-electron chi connectivity index (χ4n) is 3.07. The minimum Gasteiger partial charge on any atom is -0.379 e. The molecule has 1 saturated heterocycles. The number of hydrogen-bond donors (Lipinski definition) is 1. The molecule has 0 bridgehead atoms. The van der Waals surface area contributed by atoms with Crippen LogP contribution in [0.5, 0.6) is 0 Å². The second-order valence-corrected chi connectivity index (χ2v) is 6.86. The lowest BCUT2D eigenvalue weighted by Gasteiger charge is -2.40. The molecule has 0 atom stereocenters. The minimum absolute atomic E-state index is 0.0128. The third-order valence-corrected chi connectivity index (χ3v) is 4.64. The van der Waals surface area contributed by atoms with E-state index in [2.05, 4.69) is 29.0 Å². The van der Waals surface area contributed by atoms with Gasteiger partial charge >= 0.3 is 0 Å². The molecular formula is C18H24N4O3. The predicted molar refractivity (Wildman–Crippen MR) is 95.5 cm³/mol.